The van der Waals surface area contributed by atoms with Crippen LogP contribution >= 0.6 is 11.6 Å². The van der Waals surface area contributed by atoms with Crippen molar-refractivity contribution >= 4 is 27.6 Å². The molecule has 0 unspecified atom stereocenters. The Bertz CT molecular complexity index is 871. The lowest BCUT2D eigenvalue weighted by Crippen LogP contribution is -2.48. The molecule has 0 bridgehead atoms. The van der Waals surface area contributed by atoms with Gasteiger partial charge < -0.3 is 9.15 Å². The van der Waals surface area contributed by atoms with E-state index in [0.29, 0.717) is 49.1 Å². The molecule has 0 radical (unpaired) electrons. The molecule has 9 heteroatoms. The van der Waals surface area contributed by atoms with Crippen molar-refractivity contribution in [3.05, 3.63) is 52.9 Å². The van der Waals surface area contributed by atoms with Crippen molar-refractivity contribution in [2.45, 2.75) is 11.4 Å². The van der Waals surface area contributed by atoms with Gasteiger partial charge in [0.1, 0.15) is 11.3 Å². The summed E-state index contributed by atoms with van der Waals surface area (Å²) in [6.45, 7) is 2.22. The Morgan fingerprint density at radius 1 is 1.15 bits per heavy atom. The van der Waals surface area contributed by atoms with Crippen molar-refractivity contribution in [1.29, 1.82) is 0 Å². The molecule has 1 saturated heterocycles. The van der Waals surface area contributed by atoms with Crippen molar-refractivity contribution in [3.63, 3.8) is 0 Å². The topological polar surface area (TPSA) is 80.1 Å². The number of piperazine rings is 1. The minimum atomic E-state index is -3.54. The van der Waals surface area contributed by atoms with Crippen molar-refractivity contribution in [2.75, 3.05) is 33.3 Å². The van der Waals surface area contributed by atoms with Gasteiger partial charge >= 0.3 is 5.97 Å². The zero-order valence-electron chi connectivity index (χ0n) is 14.2. The fourth-order valence-corrected chi connectivity index (χ4v) is 4.39. The summed E-state index contributed by atoms with van der Waals surface area (Å²) >= 11 is 5.82. The van der Waals surface area contributed by atoms with Gasteiger partial charge in [0.25, 0.3) is 0 Å². The van der Waals surface area contributed by atoms with Crippen molar-refractivity contribution in [1.82, 2.24) is 9.21 Å². The number of sulfonamides is 1. The molecule has 140 valence electrons. The molecule has 1 fully saturated rings. The predicted molar refractivity (Wildman–Crippen MR) is 95.5 cm³/mol. The number of methoxy groups -OCH3 is 1. The van der Waals surface area contributed by atoms with E-state index in [1.54, 1.807) is 18.2 Å². The fourth-order valence-electron chi connectivity index (χ4n) is 2.84. The highest BCUT2D eigenvalue weighted by Crippen LogP contribution is 2.21. The number of halogens is 1. The van der Waals surface area contributed by atoms with E-state index in [0.717, 1.165) is 0 Å². The van der Waals surface area contributed by atoms with Gasteiger partial charge in [0.05, 0.1) is 24.8 Å². The molecule has 3 rings (SSSR count). The number of benzene rings is 1. The van der Waals surface area contributed by atoms with E-state index in [2.05, 4.69) is 0 Å². The molecule has 2 heterocycles. The Balaban J connectivity index is 1.63. The number of esters is 1. The number of carbonyl (C=O) groups excluding carboxylic acids is 1. The maximum Gasteiger partial charge on any atom is 0.341 e. The summed E-state index contributed by atoms with van der Waals surface area (Å²) in [6.07, 6.45) is 1.45. The molecule has 0 spiro atoms. The Kier molecular flexibility index (Phi) is 5.67. The summed E-state index contributed by atoms with van der Waals surface area (Å²) in [5, 5.41) is 0.494. The maximum atomic E-state index is 12.7. The quantitative estimate of drug-likeness (QED) is 0.718. The zero-order valence-corrected chi connectivity index (χ0v) is 15.8. The summed E-state index contributed by atoms with van der Waals surface area (Å²) in [7, 11) is -2.22. The van der Waals surface area contributed by atoms with Crippen LogP contribution in [0.5, 0.6) is 0 Å². The fraction of sp³-hybridized carbons (Fsp3) is 0.353. The van der Waals surface area contributed by atoms with Gasteiger partial charge in [-0.1, -0.05) is 11.6 Å². The first-order valence-electron chi connectivity index (χ1n) is 8.04. The Hall–Kier alpha value is -1.87. The Morgan fingerprint density at radius 2 is 1.81 bits per heavy atom. The second-order valence-corrected chi connectivity index (χ2v) is 8.26. The van der Waals surface area contributed by atoms with E-state index in [4.69, 9.17) is 20.8 Å². The third kappa shape index (κ3) is 3.93. The van der Waals surface area contributed by atoms with Gasteiger partial charge in [0.2, 0.25) is 10.0 Å². The summed E-state index contributed by atoms with van der Waals surface area (Å²) in [5.74, 6) is 0.0727. The Labute approximate surface area is 157 Å². The SMILES string of the molecule is COC(=O)c1ccoc1CN1CCN(S(=O)(=O)c2ccc(Cl)cc2)CC1. The monoisotopic (exact) mass is 398 g/mol. The van der Waals surface area contributed by atoms with Crippen molar-refractivity contribution in [2.24, 2.45) is 0 Å². The van der Waals surface area contributed by atoms with Gasteiger partial charge in [-0.25, -0.2) is 13.2 Å². The number of ether oxygens (including phenoxy) is 1. The third-order valence-electron chi connectivity index (χ3n) is 4.30. The van der Waals surface area contributed by atoms with E-state index in [-0.39, 0.29) is 4.90 Å². The Morgan fingerprint density at radius 3 is 2.42 bits per heavy atom. The van der Waals surface area contributed by atoms with Gasteiger partial charge in [0, 0.05) is 31.2 Å². The largest absolute Gasteiger partial charge is 0.467 e. The summed E-state index contributed by atoms with van der Waals surface area (Å²) in [5.41, 5.74) is 0.392. The van der Waals surface area contributed by atoms with Crippen molar-refractivity contribution < 1.29 is 22.4 Å². The smallest absolute Gasteiger partial charge is 0.341 e. The van der Waals surface area contributed by atoms with Crippen LogP contribution in [0.4, 0.5) is 0 Å². The normalized spacial score (nSPS) is 16.5. The number of hydrogen-bond acceptors (Lipinski definition) is 6. The highest BCUT2D eigenvalue weighted by atomic mass is 35.5. The molecule has 0 N–H and O–H groups in total. The van der Waals surface area contributed by atoms with Crippen LogP contribution in [0.25, 0.3) is 0 Å². The average molecular weight is 399 g/mol. The second kappa shape index (κ2) is 7.79. The predicted octanol–water partition coefficient (Wildman–Crippen LogP) is 2.23. The molecule has 7 nitrogen and oxygen atoms in total. The van der Waals surface area contributed by atoms with Crippen LogP contribution in [0.3, 0.4) is 0 Å². The standard InChI is InChI=1S/C17H19ClN2O5S/c1-24-17(21)15-6-11-25-16(15)12-19-7-9-20(10-8-19)26(22,23)14-4-2-13(18)3-5-14/h2-6,11H,7-10,12H2,1H3. The molecule has 0 amide bonds. The van der Waals surface area contributed by atoms with Crippen LogP contribution < -0.4 is 0 Å². The third-order valence-corrected chi connectivity index (χ3v) is 6.47. The zero-order chi connectivity index (χ0) is 18.7. The molecule has 0 saturated carbocycles. The number of carbonyl (C=O) groups is 1. The summed E-state index contributed by atoms with van der Waals surface area (Å²) in [4.78, 5) is 14.0. The lowest BCUT2D eigenvalue weighted by molar-refractivity contribution is 0.0595. The molecule has 1 aliphatic heterocycles. The van der Waals surface area contributed by atoms with Crippen LogP contribution in [0, 0.1) is 0 Å². The average Bonchev–Trinajstić information content (AvgIpc) is 3.10. The van der Waals surface area contributed by atoms with Gasteiger partial charge in [-0.15, -0.1) is 0 Å². The number of hydrogen-bond donors (Lipinski definition) is 0. The van der Waals surface area contributed by atoms with Gasteiger partial charge in [-0.05, 0) is 30.3 Å². The molecule has 1 aromatic carbocycles. The molecule has 1 aliphatic rings. The lowest BCUT2D eigenvalue weighted by atomic mass is 10.2. The molecule has 2 aromatic rings. The van der Waals surface area contributed by atoms with Crippen LogP contribution in [0.15, 0.2) is 45.9 Å². The van der Waals surface area contributed by atoms with Crippen LogP contribution in [0.1, 0.15) is 16.1 Å². The maximum absolute atomic E-state index is 12.7. The minimum Gasteiger partial charge on any atom is -0.467 e. The first kappa shape index (κ1) is 18.9. The summed E-state index contributed by atoms with van der Waals surface area (Å²) < 4.78 is 36.9. The van der Waals surface area contributed by atoms with Crippen LogP contribution in [-0.2, 0) is 21.3 Å². The van der Waals surface area contributed by atoms with Gasteiger partial charge in [-0.3, -0.25) is 4.90 Å². The van der Waals surface area contributed by atoms with Gasteiger partial charge in [-0.2, -0.15) is 4.31 Å². The first-order valence-corrected chi connectivity index (χ1v) is 9.86. The highest BCUT2D eigenvalue weighted by Gasteiger charge is 2.29. The van der Waals surface area contributed by atoms with Gasteiger partial charge in [0.15, 0.2) is 0 Å². The van der Waals surface area contributed by atoms with Crippen LogP contribution in [0.2, 0.25) is 5.02 Å². The first-order chi connectivity index (χ1) is 12.4. The molecule has 0 atom stereocenters. The number of furan rings is 1. The van der Waals surface area contributed by atoms with E-state index in [9.17, 15) is 13.2 Å². The van der Waals surface area contributed by atoms with Crippen molar-refractivity contribution in [3.8, 4) is 0 Å². The van der Waals surface area contributed by atoms with E-state index >= 15 is 0 Å². The minimum absolute atomic E-state index is 0.231. The summed E-state index contributed by atoms with van der Waals surface area (Å²) in [6, 6.07) is 7.72. The number of nitrogens with zero attached hydrogens (tertiary/aromatic N) is 2. The van der Waals surface area contributed by atoms with E-state index in [1.807, 2.05) is 4.90 Å². The molecular formula is C17H19ClN2O5S. The second-order valence-electron chi connectivity index (χ2n) is 5.88. The van der Waals surface area contributed by atoms with E-state index in [1.165, 1.54) is 29.8 Å². The van der Waals surface area contributed by atoms with Crippen LogP contribution in [-0.4, -0.2) is 56.9 Å². The molecule has 26 heavy (non-hydrogen) atoms. The molecule has 0 aliphatic carbocycles. The molecular weight excluding hydrogens is 380 g/mol. The molecule has 1 aromatic heterocycles. The number of rotatable bonds is 5. The highest BCUT2D eigenvalue weighted by molar-refractivity contribution is 7.89. The lowest BCUT2D eigenvalue weighted by Gasteiger charge is -2.33. The van der Waals surface area contributed by atoms with E-state index < -0.39 is 16.0 Å².